The van der Waals surface area contributed by atoms with Gasteiger partial charge in [0.05, 0.1) is 11.5 Å². The topological polar surface area (TPSA) is 88.1 Å². The molecule has 1 aliphatic rings. The van der Waals surface area contributed by atoms with Crippen molar-refractivity contribution in [3.05, 3.63) is 71.1 Å². The first-order chi connectivity index (χ1) is 14.6. The monoisotopic (exact) mass is 465 g/mol. The van der Waals surface area contributed by atoms with E-state index in [1.807, 2.05) is 36.4 Å². The van der Waals surface area contributed by atoms with Crippen LogP contribution in [0.15, 0.2) is 65.5 Å². The summed E-state index contributed by atoms with van der Waals surface area (Å²) in [6, 6.07) is 13.2. The summed E-state index contributed by atoms with van der Waals surface area (Å²) in [4.78, 5) is 40.1. The van der Waals surface area contributed by atoms with Crippen molar-refractivity contribution in [2.75, 3.05) is 18.4 Å². The number of aromatic nitrogens is 3. The summed E-state index contributed by atoms with van der Waals surface area (Å²) in [7, 11) is 0. The second kappa shape index (κ2) is 9.13. The van der Waals surface area contributed by atoms with Crippen LogP contribution in [0, 0.1) is 5.92 Å². The lowest BCUT2D eigenvalue weighted by molar-refractivity contribution is -0.121. The van der Waals surface area contributed by atoms with Gasteiger partial charge in [0.25, 0.3) is 5.91 Å². The van der Waals surface area contributed by atoms with Crippen molar-refractivity contribution in [2.24, 2.45) is 5.92 Å². The molecule has 30 heavy (non-hydrogen) atoms. The summed E-state index contributed by atoms with van der Waals surface area (Å²) in [6.07, 6.45) is 6.22. The highest BCUT2D eigenvalue weighted by Gasteiger charge is 2.29. The number of rotatable bonds is 4. The molecule has 8 heteroatoms. The largest absolute Gasteiger partial charge is 0.338 e. The summed E-state index contributed by atoms with van der Waals surface area (Å²) in [6.45, 7) is 0.973. The molecule has 0 radical (unpaired) electrons. The highest BCUT2D eigenvalue weighted by molar-refractivity contribution is 9.10. The maximum Gasteiger partial charge on any atom is 0.257 e. The number of amides is 2. The van der Waals surface area contributed by atoms with Crippen molar-refractivity contribution in [3.8, 4) is 11.4 Å². The zero-order chi connectivity index (χ0) is 20.9. The molecule has 1 fully saturated rings. The van der Waals surface area contributed by atoms with Gasteiger partial charge >= 0.3 is 0 Å². The maximum absolute atomic E-state index is 12.9. The van der Waals surface area contributed by atoms with Gasteiger partial charge in [0, 0.05) is 41.7 Å². The van der Waals surface area contributed by atoms with Gasteiger partial charge in [-0.1, -0.05) is 30.3 Å². The van der Waals surface area contributed by atoms with Crippen molar-refractivity contribution >= 4 is 33.6 Å². The van der Waals surface area contributed by atoms with Crippen molar-refractivity contribution in [1.29, 1.82) is 0 Å². The minimum atomic E-state index is -0.280. The summed E-state index contributed by atoms with van der Waals surface area (Å²) < 4.78 is 0.843. The van der Waals surface area contributed by atoms with Gasteiger partial charge in [0.2, 0.25) is 5.91 Å². The second-order valence-corrected chi connectivity index (χ2v) is 8.02. The Morgan fingerprint density at radius 1 is 1.00 bits per heavy atom. The lowest BCUT2D eigenvalue weighted by atomic mass is 9.96. The average molecular weight is 466 g/mol. The molecule has 0 bridgehead atoms. The fourth-order valence-corrected chi connectivity index (χ4v) is 3.65. The van der Waals surface area contributed by atoms with Gasteiger partial charge in [-0.2, -0.15) is 0 Å². The molecule has 1 aliphatic heterocycles. The van der Waals surface area contributed by atoms with Crippen LogP contribution in [0.3, 0.4) is 0 Å². The zero-order valence-corrected chi connectivity index (χ0v) is 17.7. The van der Waals surface area contributed by atoms with E-state index in [-0.39, 0.29) is 17.7 Å². The van der Waals surface area contributed by atoms with Crippen LogP contribution in [-0.4, -0.2) is 44.8 Å². The van der Waals surface area contributed by atoms with E-state index in [9.17, 15) is 9.59 Å². The Morgan fingerprint density at radius 3 is 2.47 bits per heavy atom. The van der Waals surface area contributed by atoms with E-state index in [0.29, 0.717) is 30.3 Å². The van der Waals surface area contributed by atoms with E-state index in [1.54, 1.807) is 29.6 Å². The van der Waals surface area contributed by atoms with Crippen LogP contribution < -0.4 is 5.32 Å². The molecule has 3 aromatic rings. The van der Waals surface area contributed by atoms with Gasteiger partial charge in [-0.25, -0.2) is 15.0 Å². The van der Waals surface area contributed by atoms with Crippen molar-refractivity contribution in [3.63, 3.8) is 0 Å². The predicted molar refractivity (Wildman–Crippen MR) is 117 cm³/mol. The van der Waals surface area contributed by atoms with E-state index in [4.69, 9.17) is 0 Å². The third-order valence-corrected chi connectivity index (χ3v) is 5.46. The second-order valence-electron chi connectivity index (χ2n) is 7.10. The average Bonchev–Trinajstić information content (AvgIpc) is 2.81. The van der Waals surface area contributed by atoms with Crippen molar-refractivity contribution in [1.82, 2.24) is 19.9 Å². The number of piperidine rings is 1. The molecule has 3 heterocycles. The van der Waals surface area contributed by atoms with Gasteiger partial charge in [-0.15, -0.1) is 0 Å². The molecule has 4 rings (SSSR count). The van der Waals surface area contributed by atoms with Crippen molar-refractivity contribution < 1.29 is 9.59 Å². The molecule has 7 nitrogen and oxygen atoms in total. The number of likely N-dealkylation sites (tertiary alicyclic amines) is 1. The molecule has 1 saturated heterocycles. The van der Waals surface area contributed by atoms with E-state index < -0.39 is 0 Å². The Morgan fingerprint density at radius 2 is 1.77 bits per heavy atom. The normalized spacial score (nSPS) is 16.2. The first-order valence-corrected chi connectivity index (χ1v) is 10.5. The molecule has 0 aliphatic carbocycles. The van der Waals surface area contributed by atoms with Gasteiger partial charge in [-0.3, -0.25) is 9.59 Å². The zero-order valence-electron chi connectivity index (χ0n) is 16.2. The maximum atomic E-state index is 12.9. The molecular formula is C22H20BrN5O2. The summed E-state index contributed by atoms with van der Waals surface area (Å²) >= 11 is 3.32. The molecule has 2 amide bonds. The van der Waals surface area contributed by atoms with Crippen LogP contribution in [0.25, 0.3) is 11.4 Å². The fourth-order valence-electron chi connectivity index (χ4n) is 3.41. The molecule has 0 spiro atoms. The van der Waals surface area contributed by atoms with Gasteiger partial charge < -0.3 is 10.2 Å². The third kappa shape index (κ3) is 4.71. The molecule has 0 saturated carbocycles. The Balaban J connectivity index is 1.40. The number of nitrogens with zero attached hydrogens (tertiary/aromatic N) is 4. The molecule has 1 atom stereocenters. The minimum absolute atomic E-state index is 0.127. The third-order valence-electron chi connectivity index (χ3n) is 4.99. The standard InChI is InChI=1S/C22H20BrN5O2/c23-18-8-9-19(24-13-18)27-21(29)16-7-4-10-28(14-16)22(30)17-11-25-20(26-12-17)15-5-2-1-3-6-15/h1-3,5-6,8-9,11-13,16H,4,7,10,14H2,(H,24,27,29). The number of carbonyl (C=O) groups is 2. The number of benzene rings is 1. The van der Waals surface area contributed by atoms with E-state index in [2.05, 4.69) is 36.2 Å². The number of hydrogen-bond donors (Lipinski definition) is 1. The molecule has 1 aromatic carbocycles. The summed E-state index contributed by atoms with van der Waals surface area (Å²) in [5, 5.41) is 2.83. The Bertz CT molecular complexity index is 1030. The number of nitrogens with one attached hydrogen (secondary N) is 1. The first-order valence-electron chi connectivity index (χ1n) is 9.69. The quantitative estimate of drug-likeness (QED) is 0.632. The highest BCUT2D eigenvalue weighted by atomic mass is 79.9. The predicted octanol–water partition coefficient (Wildman–Crippen LogP) is 3.79. The number of anilines is 1. The van der Waals surface area contributed by atoms with Gasteiger partial charge in [0.15, 0.2) is 5.82 Å². The van der Waals surface area contributed by atoms with Crippen LogP contribution in [-0.2, 0) is 4.79 Å². The van der Waals surface area contributed by atoms with Gasteiger partial charge in [-0.05, 0) is 40.9 Å². The summed E-state index contributed by atoms with van der Waals surface area (Å²) in [5.41, 5.74) is 1.32. The van der Waals surface area contributed by atoms with Crippen LogP contribution in [0.5, 0.6) is 0 Å². The fraction of sp³-hybridized carbons (Fsp3) is 0.227. The highest BCUT2D eigenvalue weighted by Crippen LogP contribution is 2.21. The smallest absolute Gasteiger partial charge is 0.257 e. The molecular weight excluding hydrogens is 446 g/mol. The first kappa shape index (κ1) is 20.2. The molecule has 1 unspecified atom stereocenters. The van der Waals surface area contributed by atoms with E-state index in [0.717, 1.165) is 22.9 Å². The number of carbonyl (C=O) groups excluding carboxylic acids is 2. The minimum Gasteiger partial charge on any atom is -0.338 e. The van der Waals surface area contributed by atoms with E-state index in [1.165, 1.54) is 0 Å². The number of halogens is 1. The molecule has 1 N–H and O–H groups in total. The number of pyridine rings is 1. The van der Waals surface area contributed by atoms with Crippen molar-refractivity contribution in [2.45, 2.75) is 12.8 Å². The van der Waals surface area contributed by atoms with Crippen LogP contribution in [0.4, 0.5) is 5.82 Å². The SMILES string of the molecule is O=C(Nc1ccc(Br)cn1)C1CCCN(C(=O)c2cnc(-c3ccccc3)nc2)C1. The van der Waals surface area contributed by atoms with Gasteiger partial charge in [0.1, 0.15) is 5.82 Å². The Labute approximate surface area is 182 Å². The van der Waals surface area contributed by atoms with E-state index >= 15 is 0 Å². The van der Waals surface area contributed by atoms with Crippen LogP contribution in [0.1, 0.15) is 23.2 Å². The Kier molecular flexibility index (Phi) is 6.13. The van der Waals surface area contributed by atoms with Crippen LogP contribution in [0.2, 0.25) is 0 Å². The summed E-state index contributed by atoms with van der Waals surface area (Å²) in [5.74, 6) is 0.506. The van der Waals surface area contributed by atoms with Crippen LogP contribution >= 0.6 is 15.9 Å². The number of hydrogen-bond acceptors (Lipinski definition) is 5. The lowest BCUT2D eigenvalue weighted by Crippen LogP contribution is -2.43. The molecule has 2 aromatic heterocycles. The lowest BCUT2D eigenvalue weighted by Gasteiger charge is -2.32. The molecule has 152 valence electrons. The Hall–Kier alpha value is -3.13.